The summed E-state index contributed by atoms with van der Waals surface area (Å²) < 4.78 is 0. The van der Waals surface area contributed by atoms with E-state index in [1.54, 1.807) is 17.1 Å². The van der Waals surface area contributed by atoms with E-state index in [4.69, 9.17) is 0 Å². The Morgan fingerprint density at radius 3 is 2.79 bits per heavy atom. The van der Waals surface area contributed by atoms with Crippen LogP contribution in [0.5, 0.6) is 0 Å². The van der Waals surface area contributed by atoms with E-state index in [-0.39, 0.29) is 17.9 Å². The number of hydrogen-bond acceptors (Lipinski definition) is 2. The van der Waals surface area contributed by atoms with Crippen LogP contribution in [0.15, 0.2) is 12.2 Å². The van der Waals surface area contributed by atoms with E-state index in [9.17, 15) is 9.59 Å². The maximum Gasteiger partial charge on any atom is 0.246 e. The zero-order valence-electron chi connectivity index (χ0n) is 8.62. The molecule has 2 amide bonds. The predicted molar refractivity (Wildman–Crippen MR) is 53.6 cm³/mol. The SMILES string of the molecule is C/C=C/C(=O)N1CCC(NC(C)=O)C1. The molecule has 1 fully saturated rings. The van der Waals surface area contributed by atoms with Gasteiger partial charge in [0.15, 0.2) is 0 Å². The van der Waals surface area contributed by atoms with Gasteiger partial charge >= 0.3 is 0 Å². The van der Waals surface area contributed by atoms with Crippen LogP contribution in [0.25, 0.3) is 0 Å². The first kappa shape index (κ1) is 10.8. The van der Waals surface area contributed by atoms with E-state index in [0.717, 1.165) is 13.0 Å². The third-order valence-corrected chi connectivity index (χ3v) is 2.22. The molecule has 14 heavy (non-hydrogen) atoms. The van der Waals surface area contributed by atoms with Crippen molar-refractivity contribution in [3.05, 3.63) is 12.2 Å². The van der Waals surface area contributed by atoms with E-state index in [2.05, 4.69) is 5.32 Å². The maximum absolute atomic E-state index is 11.4. The van der Waals surface area contributed by atoms with Crippen LogP contribution in [0.1, 0.15) is 20.3 Å². The summed E-state index contributed by atoms with van der Waals surface area (Å²) in [5.74, 6) is -0.00400. The largest absolute Gasteiger partial charge is 0.352 e. The molecule has 0 bridgehead atoms. The molecule has 1 heterocycles. The van der Waals surface area contributed by atoms with Crippen molar-refractivity contribution in [3.63, 3.8) is 0 Å². The molecule has 78 valence electrons. The summed E-state index contributed by atoms with van der Waals surface area (Å²) in [5.41, 5.74) is 0. The van der Waals surface area contributed by atoms with Crippen molar-refractivity contribution in [1.29, 1.82) is 0 Å². The first-order valence-corrected chi connectivity index (χ1v) is 4.82. The van der Waals surface area contributed by atoms with Crippen LogP contribution in [0, 0.1) is 0 Å². The molecule has 0 spiro atoms. The molecule has 1 N–H and O–H groups in total. The van der Waals surface area contributed by atoms with Crippen molar-refractivity contribution in [2.24, 2.45) is 0 Å². The molecule has 1 atom stereocenters. The summed E-state index contributed by atoms with van der Waals surface area (Å²) in [6.45, 7) is 4.67. The van der Waals surface area contributed by atoms with E-state index >= 15 is 0 Å². The molecule has 0 aliphatic carbocycles. The molecule has 0 aromatic rings. The molecule has 4 nitrogen and oxygen atoms in total. The summed E-state index contributed by atoms with van der Waals surface area (Å²) >= 11 is 0. The zero-order valence-corrected chi connectivity index (χ0v) is 8.62. The summed E-state index contributed by atoms with van der Waals surface area (Å²) in [6, 6.07) is 0.127. The van der Waals surface area contributed by atoms with Crippen LogP contribution in [0.2, 0.25) is 0 Å². The van der Waals surface area contributed by atoms with Crippen molar-refractivity contribution in [2.75, 3.05) is 13.1 Å². The van der Waals surface area contributed by atoms with E-state index < -0.39 is 0 Å². The van der Waals surface area contributed by atoms with Gasteiger partial charge in [-0.1, -0.05) is 6.08 Å². The third kappa shape index (κ3) is 2.87. The average molecular weight is 196 g/mol. The molecule has 1 aliphatic heterocycles. The lowest BCUT2D eigenvalue weighted by Crippen LogP contribution is -2.36. The monoisotopic (exact) mass is 196 g/mol. The van der Waals surface area contributed by atoms with Gasteiger partial charge in [-0.25, -0.2) is 0 Å². The van der Waals surface area contributed by atoms with Crippen LogP contribution < -0.4 is 5.32 Å². The Bertz CT molecular complexity index is 261. The Balaban J connectivity index is 2.41. The van der Waals surface area contributed by atoms with E-state index in [1.807, 2.05) is 6.92 Å². The lowest BCUT2D eigenvalue weighted by molar-refractivity contribution is -0.125. The first-order chi connectivity index (χ1) is 6.63. The van der Waals surface area contributed by atoms with Crippen LogP contribution in [-0.2, 0) is 9.59 Å². The minimum absolute atomic E-state index is 0.0281. The number of nitrogens with zero attached hydrogens (tertiary/aromatic N) is 1. The highest BCUT2D eigenvalue weighted by Crippen LogP contribution is 2.09. The van der Waals surface area contributed by atoms with E-state index in [1.165, 1.54) is 6.92 Å². The summed E-state index contributed by atoms with van der Waals surface area (Å²) in [6.07, 6.45) is 4.13. The Labute approximate surface area is 84.0 Å². The molecule has 4 heteroatoms. The van der Waals surface area contributed by atoms with Crippen molar-refractivity contribution >= 4 is 11.8 Å². The van der Waals surface area contributed by atoms with Crippen LogP contribution >= 0.6 is 0 Å². The third-order valence-electron chi connectivity index (χ3n) is 2.22. The second-order valence-electron chi connectivity index (χ2n) is 3.47. The molecule has 0 aromatic heterocycles. The highest BCUT2D eigenvalue weighted by molar-refractivity contribution is 5.87. The summed E-state index contributed by atoms with van der Waals surface area (Å²) in [5, 5.41) is 2.81. The van der Waals surface area contributed by atoms with Gasteiger partial charge in [-0.05, 0) is 19.4 Å². The second-order valence-corrected chi connectivity index (χ2v) is 3.47. The van der Waals surface area contributed by atoms with E-state index in [0.29, 0.717) is 6.54 Å². The molecule has 1 unspecified atom stereocenters. The predicted octanol–water partition coefficient (Wildman–Crippen LogP) is 0.299. The van der Waals surface area contributed by atoms with Gasteiger partial charge in [0, 0.05) is 26.1 Å². The smallest absolute Gasteiger partial charge is 0.246 e. The normalized spacial score (nSPS) is 21.6. The van der Waals surface area contributed by atoms with Gasteiger partial charge in [0.2, 0.25) is 11.8 Å². The fourth-order valence-corrected chi connectivity index (χ4v) is 1.61. The molecule has 1 saturated heterocycles. The van der Waals surface area contributed by atoms with Crippen molar-refractivity contribution in [1.82, 2.24) is 10.2 Å². The second kappa shape index (κ2) is 4.79. The van der Waals surface area contributed by atoms with Crippen molar-refractivity contribution in [2.45, 2.75) is 26.3 Å². The Morgan fingerprint density at radius 1 is 1.50 bits per heavy atom. The zero-order chi connectivity index (χ0) is 10.6. The molecular weight excluding hydrogens is 180 g/mol. The average Bonchev–Trinajstić information content (AvgIpc) is 2.52. The van der Waals surface area contributed by atoms with Crippen molar-refractivity contribution < 1.29 is 9.59 Å². The standard InChI is InChI=1S/C10H16N2O2/c1-3-4-10(14)12-6-5-9(7-12)11-8(2)13/h3-4,9H,5-7H2,1-2H3,(H,11,13)/b4-3+. The number of hydrogen-bond donors (Lipinski definition) is 1. The van der Waals surface area contributed by atoms with Gasteiger partial charge in [-0.15, -0.1) is 0 Å². The van der Waals surface area contributed by atoms with Crippen LogP contribution in [0.3, 0.4) is 0 Å². The highest BCUT2D eigenvalue weighted by atomic mass is 16.2. The first-order valence-electron chi connectivity index (χ1n) is 4.82. The number of allylic oxidation sites excluding steroid dienone is 1. The fraction of sp³-hybridized carbons (Fsp3) is 0.600. The van der Waals surface area contributed by atoms with Gasteiger partial charge < -0.3 is 10.2 Å². The number of rotatable bonds is 2. The number of likely N-dealkylation sites (tertiary alicyclic amines) is 1. The minimum Gasteiger partial charge on any atom is -0.352 e. The Morgan fingerprint density at radius 2 is 2.21 bits per heavy atom. The van der Waals surface area contributed by atoms with Gasteiger partial charge in [0.1, 0.15) is 0 Å². The molecule has 0 saturated carbocycles. The summed E-state index contributed by atoms with van der Waals surface area (Å²) in [4.78, 5) is 23.9. The maximum atomic E-state index is 11.4. The number of amides is 2. The molecular formula is C10H16N2O2. The topological polar surface area (TPSA) is 49.4 Å². The van der Waals surface area contributed by atoms with Crippen LogP contribution in [0.4, 0.5) is 0 Å². The quantitative estimate of drug-likeness (QED) is 0.646. The molecule has 1 aliphatic rings. The number of carbonyl (C=O) groups is 2. The van der Waals surface area contributed by atoms with Gasteiger partial charge in [-0.3, -0.25) is 9.59 Å². The van der Waals surface area contributed by atoms with Crippen molar-refractivity contribution in [3.8, 4) is 0 Å². The van der Waals surface area contributed by atoms with Gasteiger partial charge in [0.25, 0.3) is 0 Å². The Hall–Kier alpha value is -1.32. The highest BCUT2D eigenvalue weighted by Gasteiger charge is 2.24. The Kier molecular flexibility index (Phi) is 3.68. The van der Waals surface area contributed by atoms with Gasteiger partial charge in [-0.2, -0.15) is 0 Å². The fourth-order valence-electron chi connectivity index (χ4n) is 1.61. The minimum atomic E-state index is -0.0321. The summed E-state index contributed by atoms with van der Waals surface area (Å²) in [7, 11) is 0. The number of nitrogens with one attached hydrogen (secondary N) is 1. The number of carbonyl (C=O) groups excluding carboxylic acids is 2. The lowest BCUT2D eigenvalue weighted by atomic mass is 10.3. The molecule has 0 radical (unpaired) electrons. The van der Waals surface area contributed by atoms with Crippen LogP contribution in [-0.4, -0.2) is 35.8 Å². The molecule has 1 rings (SSSR count). The van der Waals surface area contributed by atoms with Gasteiger partial charge in [0.05, 0.1) is 0 Å². The molecule has 0 aromatic carbocycles. The lowest BCUT2D eigenvalue weighted by Gasteiger charge is -2.14.